The minimum Gasteiger partial charge on any atom is -0.493 e. The second-order valence-electron chi connectivity index (χ2n) is 8.08. The van der Waals surface area contributed by atoms with E-state index in [2.05, 4.69) is 30.1 Å². The summed E-state index contributed by atoms with van der Waals surface area (Å²) >= 11 is 0. The van der Waals surface area contributed by atoms with Crippen LogP contribution in [0.25, 0.3) is 11.5 Å². The first-order chi connectivity index (χ1) is 14.2. The van der Waals surface area contributed by atoms with E-state index < -0.39 is 0 Å². The fraction of sp³-hybridized carbons (Fsp3) is 0.423. The van der Waals surface area contributed by atoms with Crippen molar-refractivity contribution in [3.05, 3.63) is 71.1 Å². The molecule has 0 bridgehead atoms. The van der Waals surface area contributed by atoms with Crippen molar-refractivity contribution in [2.75, 3.05) is 6.61 Å². The van der Waals surface area contributed by atoms with Crippen LogP contribution in [0, 0.1) is 6.92 Å². The lowest BCUT2D eigenvalue weighted by Crippen LogP contribution is -2.12. The van der Waals surface area contributed by atoms with Gasteiger partial charge in [-0.15, -0.1) is 0 Å². The van der Waals surface area contributed by atoms with Crippen LogP contribution in [-0.2, 0) is 12.8 Å². The molecule has 3 heteroatoms. The zero-order valence-corrected chi connectivity index (χ0v) is 17.6. The first kappa shape index (κ1) is 19.8. The number of aromatic nitrogens is 1. The average molecular weight is 390 g/mol. The molecular weight excluding hydrogens is 358 g/mol. The van der Waals surface area contributed by atoms with Gasteiger partial charge < -0.3 is 9.15 Å². The molecule has 3 aromatic rings. The van der Waals surface area contributed by atoms with Crippen molar-refractivity contribution >= 4 is 0 Å². The topological polar surface area (TPSA) is 35.3 Å². The summed E-state index contributed by atoms with van der Waals surface area (Å²) in [4.78, 5) is 4.68. The molecule has 1 aromatic heterocycles. The van der Waals surface area contributed by atoms with E-state index in [1.807, 2.05) is 37.3 Å². The van der Waals surface area contributed by atoms with Crippen molar-refractivity contribution in [1.82, 2.24) is 4.98 Å². The molecule has 2 aromatic carbocycles. The molecule has 1 fully saturated rings. The lowest BCUT2D eigenvalue weighted by atomic mass is 9.77. The summed E-state index contributed by atoms with van der Waals surface area (Å²) in [6.45, 7) is 4.85. The number of unbranched alkanes of at least 4 members (excludes halogenated alkanes) is 1. The van der Waals surface area contributed by atoms with Crippen molar-refractivity contribution in [3.63, 3.8) is 0 Å². The molecular formula is C26H31NO2. The van der Waals surface area contributed by atoms with Crippen molar-refractivity contribution in [2.24, 2.45) is 0 Å². The van der Waals surface area contributed by atoms with Crippen LogP contribution >= 0.6 is 0 Å². The van der Waals surface area contributed by atoms with Gasteiger partial charge in [0.05, 0.1) is 12.3 Å². The first-order valence-corrected chi connectivity index (χ1v) is 11.0. The van der Waals surface area contributed by atoms with Gasteiger partial charge in [0.25, 0.3) is 0 Å². The Bertz CT molecular complexity index is 925. The van der Waals surface area contributed by atoms with E-state index in [9.17, 15) is 0 Å². The summed E-state index contributed by atoms with van der Waals surface area (Å²) in [6, 6.07) is 16.8. The maximum Gasteiger partial charge on any atom is 0.226 e. The normalized spacial score (nSPS) is 14.0. The van der Waals surface area contributed by atoms with Crippen LogP contribution in [-0.4, -0.2) is 11.6 Å². The number of aryl methyl sites for hydroxylation is 2. The highest BCUT2D eigenvalue weighted by atomic mass is 16.5. The maximum atomic E-state index is 6.12. The van der Waals surface area contributed by atoms with Crippen LogP contribution in [0.3, 0.4) is 0 Å². The monoisotopic (exact) mass is 389 g/mol. The molecule has 0 N–H and O–H groups in total. The molecule has 0 atom stereocenters. The van der Waals surface area contributed by atoms with Crippen LogP contribution in [0.5, 0.6) is 5.75 Å². The second-order valence-corrected chi connectivity index (χ2v) is 8.08. The predicted molar refractivity (Wildman–Crippen MR) is 118 cm³/mol. The van der Waals surface area contributed by atoms with Gasteiger partial charge >= 0.3 is 0 Å². The zero-order chi connectivity index (χ0) is 20.1. The molecule has 0 saturated heterocycles. The van der Waals surface area contributed by atoms with Gasteiger partial charge in [-0.1, -0.05) is 44.0 Å². The number of benzene rings is 2. The summed E-state index contributed by atoms with van der Waals surface area (Å²) in [6.07, 6.45) is 8.44. The highest BCUT2D eigenvalue weighted by Gasteiger charge is 2.22. The molecule has 1 aliphatic carbocycles. The number of oxazole rings is 1. The fourth-order valence-corrected chi connectivity index (χ4v) is 3.99. The van der Waals surface area contributed by atoms with Gasteiger partial charge in [-0.2, -0.15) is 0 Å². The van der Waals surface area contributed by atoms with Gasteiger partial charge in [-0.05, 0) is 73.9 Å². The van der Waals surface area contributed by atoms with E-state index in [0.717, 1.165) is 35.1 Å². The molecule has 4 rings (SSSR count). The molecule has 3 nitrogen and oxygen atoms in total. The Balaban J connectivity index is 1.40. The van der Waals surface area contributed by atoms with E-state index in [-0.39, 0.29) is 0 Å². The smallest absolute Gasteiger partial charge is 0.226 e. The Labute approximate surface area is 174 Å². The van der Waals surface area contributed by atoms with Gasteiger partial charge in [-0.25, -0.2) is 4.98 Å². The summed E-state index contributed by atoms with van der Waals surface area (Å²) < 4.78 is 12.0. The van der Waals surface area contributed by atoms with Crippen molar-refractivity contribution in [3.8, 4) is 17.2 Å². The third kappa shape index (κ3) is 4.72. The molecule has 0 amide bonds. The lowest BCUT2D eigenvalue weighted by Gasteiger charge is -2.28. The van der Waals surface area contributed by atoms with E-state index in [1.165, 1.54) is 49.7 Å². The maximum absolute atomic E-state index is 6.12. The number of ether oxygens (including phenoxy) is 1. The molecule has 152 valence electrons. The Morgan fingerprint density at radius 1 is 1.07 bits per heavy atom. The van der Waals surface area contributed by atoms with Crippen LogP contribution < -0.4 is 4.74 Å². The van der Waals surface area contributed by atoms with E-state index in [0.29, 0.717) is 12.5 Å². The lowest BCUT2D eigenvalue weighted by molar-refractivity contribution is 0.318. The average Bonchev–Trinajstić information content (AvgIpc) is 3.07. The zero-order valence-electron chi connectivity index (χ0n) is 17.6. The summed E-state index contributed by atoms with van der Waals surface area (Å²) in [7, 11) is 0. The van der Waals surface area contributed by atoms with E-state index >= 15 is 0 Å². The number of rotatable bonds is 9. The molecule has 0 aliphatic heterocycles. The minimum atomic E-state index is 0.611. The van der Waals surface area contributed by atoms with Crippen LogP contribution in [0.2, 0.25) is 0 Å². The largest absolute Gasteiger partial charge is 0.493 e. The molecule has 0 radical (unpaired) electrons. The standard InChI is InChI=1S/C26H31NO2/c1-3-4-9-21-14-15-23(18-24(21)20-12-8-13-20)28-17-16-25-19(2)29-26(27-25)22-10-6-5-7-11-22/h5-7,10-11,14-15,18,20H,3-4,8-9,12-13,16-17H2,1-2H3. The van der Waals surface area contributed by atoms with Crippen LogP contribution in [0.15, 0.2) is 52.9 Å². The number of nitrogens with zero attached hydrogens (tertiary/aromatic N) is 1. The highest BCUT2D eigenvalue weighted by molar-refractivity contribution is 5.53. The molecule has 29 heavy (non-hydrogen) atoms. The molecule has 0 spiro atoms. The SMILES string of the molecule is CCCCc1ccc(OCCc2nc(-c3ccccc3)oc2C)cc1C1CCC1. The molecule has 1 saturated carbocycles. The Kier molecular flexibility index (Phi) is 6.33. The van der Waals surface area contributed by atoms with E-state index in [4.69, 9.17) is 9.15 Å². The Morgan fingerprint density at radius 2 is 1.90 bits per heavy atom. The Hall–Kier alpha value is -2.55. The highest BCUT2D eigenvalue weighted by Crippen LogP contribution is 2.39. The van der Waals surface area contributed by atoms with Gasteiger partial charge in [0, 0.05) is 12.0 Å². The minimum absolute atomic E-state index is 0.611. The van der Waals surface area contributed by atoms with Crippen LogP contribution in [0.4, 0.5) is 0 Å². The van der Waals surface area contributed by atoms with E-state index in [1.54, 1.807) is 0 Å². The molecule has 0 unspecified atom stereocenters. The fourth-order valence-electron chi connectivity index (χ4n) is 3.99. The first-order valence-electron chi connectivity index (χ1n) is 11.0. The quantitative estimate of drug-likeness (QED) is 0.400. The van der Waals surface area contributed by atoms with Crippen molar-refractivity contribution in [2.45, 2.75) is 64.7 Å². The van der Waals surface area contributed by atoms with Gasteiger partial charge in [0.2, 0.25) is 5.89 Å². The van der Waals surface area contributed by atoms with Gasteiger partial charge in [0.15, 0.2) is 0 Å². The number of hydrogen-bond acceptors (Lipinski definition) is 3. The van der Waals surface area contributed by atoms with Crippen molar-refractivity contribution < 1.29 is 9.15 Å². The summed E-state index contributed by atoms with van der Waals surface area (Å²) in [5, 5.41) is 0. The van der Waals surface area contributed by atoms with Gasteiger partial charge in [-0.3, -0.25) is 0 Å². The molecule has 1 aliphatic rings. The molecule has 1 heterocycles. The summed E-state index contributed by atoms with van der Waals surface area (Å²) in [5.41, 5.74) is 5.02. The van der Waals surface area contributed by atoms with Gasteiger partial charge in [0.1, 0.15) is 11.5 Å². The Morgan fingerprint density at radius 3 is 2.62 bits per heavy atom. The predicted octanol–water partition coefficient (Wildman–Crippen LogP) is 6.88. The third-order valence-corrected chi connectivity index (χ3v) is 5.98. The second kappa shape index (κ2) is 9.30. The third-order valence-electron chi connectivity index (χ3n) is 5.98. The van der Waals surface area contributed by atoms with Crippen LogP contribution in [0.1, 0.15) is 67.5 Å². The van der Waals surface area contributed by atoms with Crippen molar-refractivity contribution in [1.29, 1.82) is 0 Å². The number of hydrogen-bond donors (Lipinski definition) is 0. The summed E-state index contributed by atoms with van der Waals surface area (Å²) in [5.74, 6) is 3.27.